The van der Waals surface area contributed by atoms with Crippen LogP contribution >= 0.6 is 0 Å². The van der Waals surface area contributed by atoms with E-state index in [1.165, 1.54) is 19.3 Å². The lowest BCUT2D eigenvalue weighted by atomic mass is 9.98. The van der Waals surface area contributed by atoms with Crippen LogP contribution in [-0.2, 0) is 0 Å². The molecule has 0 spiro atoms. The molecule has 0 bridgehead atoms. The summed E-state index contributed by atoms with van der Waals surface area (Å²) >= 11 is 0. The Labute approximate surface area is 81.7 Å². The van der Waals surface area contributed by atoms with Crippen LogP contribution in [0.3, 0.4) is 0 Å². The summed E-state index contributed by atoms with van der Waals surface area (Å²) in [6, 6.07) is 0. The molecule has 13 heavy (non-hydrogen) atoms. The van der Waals surface area contributed by atoms with Crippen LogP contribution in [0, 0.1) is 17.8 Å². The van der Waals surface area contributed by atoms with Gasteiger partial charge in [-0.3, -0.25) is 0 Å². The van der Waals surface area contributed by atoms with Crippen molar-refractivity contribution in [1.29, 1.82) is 0 Å². The molecule has 1 saturated carbocycles. The van der Waals surface area contributed by atoms with E-state index in [9.17, 15) is 0 Å². The molecule has 3 atom stereocenters. The summed E-state index contributed by atoms with van der Waals surface area (Å²) in [6.45, 7) is 6.83. The summed E-state index contributed by atoms with van der Waals surface area (Å²) in [4.78, 5) is 0. The fraction of sp³-hybridized carbons (Fsp3) is 1.00. The van der Waals surface area contributed by atoms with Crippen molar-refractivity contribution in [2.24, 2.45) is 17.8 Å². The van der Waals surface area contributed by atoms with Gasteiger partial charge in [-0.1, -0.05) is 26.7 Å². The molecule has 2 nitrogen and oxygen atoms in total. The number of nitrogens with one attached hydrogen (secondary N) is 1. The van der Waals surface area contributed by atoms with E-state index >= 15 is 0 Å². The molecule has 1 aliphatic rings. The summed E-state index contributed by atoms with van der Waals surface area (Å²) in [5.41, 5.74) is 0. The monoisotopic (exact) mass is 185 g/mol. The Kier molecular flexibility index (Phi) is 4.74. The van der Waals surface area contributed by atoms with Crippen LogP contribution in [0.1, 0.15) is 33.1 Å². The maximum atomic E-state index is 8.84. The first-order valence-electron chi connectivity index (χ1n) is 5.55. The standard InChI is InChI=1S/C11H23NO/c1-9(8-13)6-12-7-11-5-3-4-10(11)2/h9-13H,3-8H2,1-2H3. The van der Waals surface area contributed by atoms with Crippen molar-refractivity contribution < 1.29 is 5.11 Å². The van der Waals surface area contributed by atoms with Crippen LogP contribution in [0.15, 0.2) is 0 Å². The highest BCUT2D eigenvalue weighted by Gasteiger charge is 2.22. The van der Waals surface area contributed by atoms with Crippen molar-refractivity contribution in [2.45, 2.75) is 33.1 Å². The van der Waals surface area contributed by atoms with Crippen LogP contribution in [0.5, 0.6) is 0 Å². The molecule has 0 aliphatic heterocycles. The zero-order chi connectivity index (χ0) is 9.68. The van der Waals surface area contributed by atoms with Crippen molar-refractivity contribution in [3.63, 3.8) is 0 Å². The molecule has 0 aromatic rings. The van der Waals surface area contributed by atoms with Gasteiger partial charge in [-0.25, -0.2) is 0 Å². The van der Waals surface area contributed by atoms with Crippen molar-refractivity contribution >= 4 is 0 Å². The van der Waals surface area contributed by atoms with Gasteiger partial charge in [-0.15, -0.1) is 0 Å². The molecule has 2 heteroatoms. The van der Waals surface area contributed by atoms with E-state index in [0.29, 0.717) is 12.5 Å². The third-order valence-corrected chi connectivity index (χ3v) is 3.25. The Bertz CT molecular complexity index is 138. The lowest BCUT2D eigenvalue weighted by Gasteiger charge is -2.17. The molecule has 0 saturated heterocycles. The average molecular weight is 185 g/mol. The van der Waals surface area contributed by atoms with Gasteiger partial charge >= 0.3 is 0 Å². The van der Waals surface area contributed by atoms with Gasteiger partial charge < -0.3 is 10.4 Å². The van der Waals surface area contributed by atoms with E-state index in [1.54, 1.807) is 0 Å². The van der Waals surface area contributed by atoms with Gasteiger partial charge in [-0.2, -0.15) is 0 Å². The Morgan fingerprint density at radius 3 is 2.77 bits per heavy atom. The first-order chi connectivity index (χ1) is 6.24. The smallest absolute Gasteiger partial charge is 0.0468 e. The van der Waals surface area contributed by atoms with Crippen LogP contribution in [0.4, 0.5) is 0 Å². The van der Waals surface area contributed by atoms with Gasteiger partial charge in [0.25, 0.3) is 0 Å². The van der Waals surface area contributed by atoms with Crippen molar-refractivity contribution in [3.05, 3.63) is 0 Å². The predicted octanol–water partition coefficient (Wildman–Crippen LogP) is 1.64. The van der Waals surface area contributed by atoms with E-state index in [2.05, 4.69) is 19.2 Å². The van der Waals surface area contributed by atoms with Gasteiger partial charge in [0.05, 0.1) is 0 Å². The van der Waals surface area contributed by atoms with Crippen LogP contribution in [-0.4, -0.2) is 24.8 Å². The third-order valence-electron chi connectivity index (χ3n) is 3.25. The van der Waals surface area contributed by atoms with E-state index in [0.717, 1.165) is 24.9 Å². The fourth-order valence-electron chi connectivity index (χ4n) is 2.11. The molecule has 1 aliphatic carbocycles. The average Bonchev–Trinajstić information content (AvgIpc) is 2.52. The zero-order valence-corrected chi connectivity index (χ0v) is 8.92. The first kappa shape index (κ1) is 11.0. The SMILES string of the molecule is CC(CO)CNCC1CCCC1C. The first-order valence-corrected chi connectivity index (χ1v) is 5.55. The van der Waals surface area contributed by atoms with Crippen molar-refractivity contribution in [2.75, 3.05) is 19.7 Å². The highest BCUT2D eigenvalue weighted by atomic mass is 16.3. The lowest BCUT2D eigenvalue weighted by Crippen LogP contribution is -2.29. The number of hydrogen-bond donors (Lipinski definition) is 2. The zero-order valence-electron chi connectivity index (χ0n) is 8.92. The van der Waals surface area contributed by atoms with E-state index in [-0.39, 0.29) is 0 Å². The van der Waals surface area contributed by atoms with Crippen LogP contribution in [0.2, 0.25) is 0 Å². The summed E-state index contributed by atoms with van der Waals surface area (Å²) in [6.07, 6.45) is 4.20. The van der Waals surface area contributed by atoms with Crippen molar-refractivity contribution in [3.8, 4) is 0 Å². The van der Waals surface area contributed by atoms with Gasteiger partial charge in [0.15, 0.2) is 0 Å². The Morgan fingerprint density at radius 2 is 2.23 bits per heavy atom. The largest absolute Gasteiger partial charge is 0.396 e. The van der Waals surface area contributed by atoms with E-state index < -0.39 is 0 Å². The van der Waals surface area contributed by atoms with Gasteiger partial charge in [0, 0.05) is 6.61 Å². The maximum absolute atomic E-state index is 8.84. The quantitative estimate of drug-likeness (QED) is 0.682. The second-order valence-corrected chi connectivity index (χ2v) is 4.61. The third kappa shape index (κ3) is 3.65. The Balaban J connectivity index is 2.05. The molecular formula is C11H23NO. The number of rotatable bonds is 5. The molecule has 1 rings (SSSR count). The molecule has 0 amide bonds. The highest BCUT2D eigenvalue weighted by molar-refractivity contribution is 4.76. The van der Waals surface area contributed by atoms with Crippen molar-refractivity contribution in [1.82, 2.24) is 5.32 Å². The maximum Gasteiger partial charge on any atom is 0.0468 e. The molecule has 3 unspecified atom stereocenters. The summed E-state index contributed by atoms with van der Waals surface area (Å²) in [5, 5.41) is 12.3. The van der Waals surface area contributed by atoms with E-state index in [4.69, 9.17) is 5.11 Å². The minimum Gasteiger partial charge on any atom is -0.396 e. The van der Waals surface area contributed by atoms with Crippen LogP contribution < -0.4 is 5.32 Å². The molecule has 0 heterocycles. The summed E-state index contributed by atoms with van der Waals surface area (Å²) in [7, 11) is 0. The van der Waals surface area contributed by atoms with Gasteiger partial charge in [0.1, 0.15) is 0 Å². The number of hydrogen-bond acceptors (Lipinski definition) is 2. The molecule has 0 radical (unpaired) electrons. The molecular weight excluding hydrogens is 162 g/mol. The Hall–Kier alpha value is -0.0800. The van der Waals surface area contributed by atoms with Crippen LogP contribution in [0.25, 0.3) is 0 Å². The lowest BCUT2D eigenvalue weighted by molar-refractivity contribution is 0.230. The topological polar surface area (TPSA) is 32.3 Å². The van der Waals surface area contributed by atoms with Gasteiger partial charge in [0.2, 0.25) is 0 Å². The normalized spacial score (nSPS) is 30.7. The molecule has 0 aromatic carbocycles. The minimum absolute atomic E-state index is 0.299. The molecule has 0 aromatic heterocycles. The second kappa shape index (κ2) is 5.61. The second-order valence-electron chi connectivity index (χ2n) is 4.61. The number of aliphatic hydroxyl groups excluding tert-OH is 1. The summed E-state index contributed by atoms with van der Waals surface area (Å²) < 4.78 is 0. The number of aliphatic hydroxyl groups is 1. The minimum atomic E-state index is 0.299. The Morgan fingerprint density at radius 1 is 1.46 bits per heavy atom. The molecule has 1 fully saturated rings. The van der Waals surface area contributed by atoms with Gasteiger partial charge in [-0.05, 0) is 37.3 Å². The molecule has 2 N–H and O–H groups in total. The fourth-order valence-corrected chi connectivity index (χ4v) is 2.11. The highest BCUT2D eigenvalue weighted by Crippen LogP contribution is 2.30. The predicted molar refractivity (Wildman–Crippen MR) is 55.6 cm³/mol. The molecule has 78 valence electrons. The summed E-state index contributed by atoms with van der Waals surface area (Å²) in [5.74, 6) is 2.18. The van der Waals surface area contributed by atoms with E-state index in [1.807, 2.05) is 0 Å².